The summed E-state index contributed by atoms with van der Waals surface area (Å²) in [6.07, 6.45) is 2.50. The minimum atomic E-state index is -0.295. The number of benzene rings is 2. The van der Waals surface area contributed by atoms with Crippen LogP contribution in [0.15, 0.2) is 54.9 Å². The summed E-state index contributed by atoms with van der Waals surface area (Å²) < 4.78 is 20.7. The van der Waals surface area contributed by atoms with Crippen LogP contribution < -0.4 is 5.32 Å². The summed E-state index contributed by atoms with van der Waals surface area (Å²) in [5.41, 5.74) is 2.76. The van der Waals surface area contributed by atoms with Crippen molar-refractivity contribution in [3.8, 4) is 0 Å². The highest BCUT2D eigenvalue weighted by Crippen LogP contribution is 2.21. The molecule has 0 unspecified atom stereocenters. The largest absolute Gasteiger partial charge is 0.381 e. The van der Waals surface area contributed by atoms with Gasteiger partial charge in [-0.3, -0.25) is 4.79 Å². The minimum Gasteiger partial charge on any atom is -0.381 e. The molecule has 1 fully saturated rings. The smallest absolute Gasteiger partial charge is 0.226 e. The Morgan fingerprint density at radius 1 is 1.27 bits per heavy atom. The molecule has 1 aromatic heterocycles. The van der Waals surface area contributed by atoms with Gasteiger partial charge in [-0.05, 0) is 36.2 Å². The molecule has 1 N–H and O–H groups in total. The first-order valence-electron chi connectivity index (χ1n) is 8.74. The molecule has 3 aromatic rings. The highest BCUT2D eigenvalue weighted by atomic mass is 19.1. The molecule has 2 atom stereocenters. The maximum atomic E-state index is 13.3. The molecule has 1 aliphatic heterocycles. The van der Waals surface area contributed by atoms with Gasteiger partial charge in [0.15, 0.2) is 0 Å². The molecule has 0 bridgehead atoms. The van der Waals surface area contributed by atoms with E-state index >= 15 is 0 Å². The highest BCUT2D eigenvalue weighted by molar-refractivity contribution is 5.79. The van der Waals surface area contributed by atoms with Gasteiger partial charge in [0, 0.05) is 13.2 Å². The van der Waals surface area contributed by atoms with Crippen molar-refractivity contribution in [2.75, 3.05) is 13.2 Å². The molecule has 1 aliphatic rings. The van der Waals surface area contributed by atoms with Crippen LogP contribution in [0.4, 0.5) is 4.39 Å². The predicted molar refractivity (Wildman–Crippen MR) is 95.9 cm³/mol. The van der Waals surface area contributed by atoms with Gasteiger partial charge in [0.2, 0.25) is 5.91 Å². The number of hydrogen-bond acceptors (Lipinski definition) is 3. The number of nitrogens with zero attached hydrogens (tertiary/aromatic N) is 2. The molecule has 0 spiro atoms. The van der Waals surface area contributed by atoms with Gasteiger partial charge in [-0.15, -0.1) is 0 Å². The van der Waals surface area contributed by atoms with Gasteiger partial charge in [0.25, 0.3) is 0 Å². The number of fused-ring (bicyclic) bond motifs is 1. The summed E-state index contributed by atoms with van der Waals surface area (Å²) in [5, 5.41) is 3.11. The summed E-state index contributed by atoms with van der Waals surface area (Å²) in [6, 6.07) is 13.8. The van der Waals surface area contributed by atoms with Crippen molar-refractivity contribution in [3.05, 3.63) is 66.2 Å². The van der Waals surface area contributed by atoms with Crippen LogP contribution in [-0.4, -0.2) is 28.7 Å². The number of nitrogens with one attached hydrogen (secondary N) is 1. The first kappa shape index (κ1) is 16.7. The number of para-hydroxylation sites is 2. The van der Waals surface area contributed by atoms with Crippen LogP contribution in [0.2, 0.25) is 0 Å². The van der Waals surface area contributed by atoms with Crippen molar-refractivity contribution in [2.24, 2.45) is 5.92 Å². The van der Waals surface area contributed by atoms with E-state index in [1.165, 1.54) is 12.1 Å². The van der Waals surface area contributed by atoms with Crippen LogP contribution in [0, 0.1) is 11.7 Å². The summed E-state index contributed by atoms with van der Waals surface area (Å²) in [4.78, 5) is 17.0. The van der Waals surface area contributed by atoms with E-state index in [1.54, 1.807) is 18.5 Å². The van der Waals surface area contributed by atoms with Crippen molar-refractivity contribution in [1.82, 2.24) is 14.9 Å². The van der Waals surface area contributed by atoms with E-state index in [-0.39, 0.29) is 23.7 Å². The van der Waals surface area contributed by atoms with Crippen LogP contribution in [-0.2, 0) is 16.1 Å². The van der Waals surface area contributed by atoms with Gasteiger partial charge in [0.1, 0.15) is 5.82 Å². The number of hydrogen-bond donors (Lipinski definition) is 1. The fraction of sp³-hybridized carbons (Fsp3) is 0.300. The third kappa shape index (κ3) is 3.46. The number of aromatic nitrogens is 2. The molecule has 0 radical (unpaired) electrons. The van der Waals surface area contributed by atoms with Gasteiger partial charge < -0.3 is 14.6 Å². The third-order valence-corrected chi connectivity index (χ3v) is 4.80. The molecule has 5 nitrogen and oxygen atoms in total. The molecule has 0 aliphatic carbocycles. The molecule has 2 aromatic carbocycles. The molecular formula is C20H20FN3O2. The molecule has 26 heavy (non-hydrogen) atoms. The first-order valence-corrected chi connectivity index (χ1v) is 8.74. The van der Waals surface area contributed by atoms with Gasteiger partial charge in [-0.1, -0.05) is 24.3 Å². The van der Waals surface area contributed by atoms with Crippen molar-refractivity contribution in [3.63, 3.8) is 0 Å². The molecule has 1 amide bonds. The number of halogens is 1. The Morgan fingerprint density at radius 3 is 2.85 bits per heavy atom. The van der Waals surface area contributed by atoms with E-state index in [0.29, 0.717) is 19.8 Å². The second-order valence-electron chi connectivity index (χ2n) is 6.56. The molecule has 2 heterocycles. The van der Waals surface area contributed by atoms with Crippen LogP contribution in [0.1, 0.15) is 18.0 Å². The third-order valence-electron chi connectivity index (χ3n) is 4.80. The second-order valence-corrected chi connectivity index (χ2v) is 6.56. The van der Waals surface area contributed by atoms with Crippen molar-refractivity contribution < 1.29 is 13.9 Å². The average Bonchev–Trinajstić information content (AvgIpc) is 3.32. The zero-order valence-corrected chi connectivity index (χ0v) is 14.3. The first-order chi connectivity index (χ1) is 12.7. The van der Waals surface area contributed by atoms with E-state index in [2.05, 4.69) is 10.3 Å². The fourth-order valence-electron chi connectivity index (χ4n) is 3.31. The molecule has 6 heteroatoms. The van der Waals surface area contributed by atoms with Crippen LogP contribution >= 0.6 is 0 Å². The monoisotopic (exact) mass is 353 g/mol. The van der Waals surface area contributed by atoms with Gasteiger partial charge in [0.05, 0.1) is 35.9 Å². The summed E-state index contributed by atoms with van der Waals surface area (Å²) >= 11 is 0. The molecular weight excluding hydrogens is 333 g/mol. The standard InChI is InChI=1S/C20H20FN3O2/c21-16-7-5-14(6-8-16)18(23-20(25)15-9-10-26-12-15)11-24-13-22-17-3-1-2-4-19(17)24/h1-8,13,15,18H,9-12H2,(H,23,25)/t15-,18-/m0/s1. The Bertz CT molecular complexity index is 901. The highest BCUT2D eigenvalue weighted by Gasteiger charge is 2.26. The minimum absolute atomic E-state index is 0.0266. The van der Waals surface area contributed by atoms with Crippen molar-refractivity contribution in [2.45, 2.75) is 19.0 Å². The zero-order valence-electron chi connectivity index (χ0n) is 14.3. The average molecular weight is 353 g/mol. The van der Waals surface area contributed by atoms with Crippen LogP contribution in [0.25, 0.3) is 11.0 Å². The Kier molecular flexibility index (Phi) is 4.67. The van der Waals surface area contributed by atoms with Gasteiger partial charge >= 0.3 is 0 Å². The normalized spacial score (nSPS) is 18.1. The lowest BCUT2D eigenvalue weighted by Crippen LogP contribution is -2.36. The van der Waals surface area contributed by atoms with E-state index in [9.17, 15) is 9.18 Å². The lowest BCUT2D eigenvalue weighted by Gasteiger charge is -2.22. The lowest BCUT2D eigenvalue weighted by molar-refractivity contribution is -0.125. The molecule has 4 rings (SSSR count). The van der Waals surface area contributed by atoms with Crippen LogP contribution in [0.3, 0.4) is 0 Å². The van der Waals surface area contributed by atoms with Crippen molar-refractivity contribution in [1.29, 1.82) is 0 Å². The maximum Gasteiger partial charge on any atom is 0.226 e. The van der Waals surface area contributed by atoms with Gasteiger partial charge in [-0.2, -0.15) is 0 Å². The Labute approximate surface area is 150 Å². The lowest BCUT2D eigenvalue weighted by atomic mass is 10.0. The zero-order chi connectivity index (χ0) is 17.9. The maximum absolute atomic E-state index is 13.3. The van der Waals surface area contributed by atoms with E-state index < -0.39 is 0 Å². The molecule has 134 valence electrons. The SMILES string of the molecule is O=C(N[C@@H](Cn1cnc2ccccc21)c1ccc(F)cc1)[C@H]1CCOC1. The number of amides is 1. The number of ether oxygens (including phenoxy) is 1. The van der Waals surface area contributed by atoms with Crippen LogP contribution in [0.5, 0.6) is 0 Å². The molecule has 1 saturated heterocycles. The Hall–Kier alpha value is -2.73. The predicted octanol–water partition coefficient (Wildman–Crippen LogP) is 3.07. The van der Waals surface area contributed by atoms with E-state index in [1.807, 2.05) is 28.8 Å². The summed E-state index contributed by atoms with van der Waals surface area (Å²) in [7, 11) is 0. The van der Waals surface area contributed by atoms with E-state index in [4.69, 9.17) is 4.74 Å². The fourth-order valence-corrected chi connectivity index (χ4v) is 3.31. The molecule has 0 saturated carbocycles. The Balaban J connectivity index is 1.61. The topological polar surface area (TPSA) is 56.2 Å². The number of imidazole rings is 1. The number of rotatable bonds is 5. The van der Waals surface area contributed by atoms with Crippen molar-refractivity contribution >= 4 is 16.9 Å². The number of carbonyl (C=O) groups excluding carboxylic acids is 1. The quantitative estimate of drug-likeness (QED) is 0.767. The van der Waals surface area contributed by atoms with Gasteiger partial charge in [-0.25, -0.2) is 9.37 Å². The summed E-state index contributed by atoms with van der Waals surface area (Å²) in [5.74, 6) is -0.449. The van der Waals surface area contributed by atoms with E-state index in [0.717, 1.165) is 23.0 Å². The second kappa shape index (κ2) is 7.25. The Morgan fingerprint density at radius 2 is 2.08 bits per heavy atom. The summed E-state index contributed by atoms with van der Waals surface area (Å²) in [6.45, 7) is 1.59. The number of carbonyl (C=O) groups is 1.